The maximum absolute atomic E-state index is 12.4. The quantitative estimate of drug-likeness (QED) is 0.730. The predicted octanol–water partition coefficient (Wildman–Crippen LogP) is 3.39. The van der Waals surface area contributed by atoms with E-state index >= 15 is 0 Å². The van der Waals surface area contributed by atoms with Crippen LogP contribution in [-0.2, 0) is 7.05 Å². The zero-order chi connectivity index (χ0) is 17.1. The zero-order valence-electron chi connectivity index (χ0n) is 13.8. The van der Waals surface area contributed by atoms with Crippen LogP contribution in [0.3, 0.4) is 0 Å². The average molecular weight is 342 g/mol. The van der Waals surface area contributed by atoms with E-state index in [0.29, 0.717) is 17.0 Å². The molecule has 0 aliphatic heterocycles. The van der Waals surface area contributed by atoms with Crippen LogP contribution in [0, 0.1) is 0 Å². The number of fused-ring (bicyclic) bond motifs is 1. The number of aryl methyl sites for hydroxylation is 1. The largest absolute Gasteiger partial charge is 0.495 e. The van der Waals surface area contributed by atoms with Gasteiger partial charge < -0.3 is 14.0 Å². The van der Waals surface area contributed by atoms with Gasteiger partial charge in [-0.2, -0.15) is 4.99 Å². The summed E-state index contributed by atoms with van der Waals surface area (Å²) in [4.78, 5) is 17.3. The van der Waals surface area contributed by atoms with Gasteiger partial charge in [-0.1, -0.05) is 17.4 Å². The second kappa shape index (κ2) is 6.88. The highest BCUT2D eigenvalue weighted by atomic mass is 32.1. The number of hydrogen-bond donors (Lipinski definition) is 0. The summed E-state index contributed by atoms with van der Waals surface area (Å²) in [5.74, 6) is 1.23. The Kier molecular flexibility index (Phi) is 4.66. The zero-order valence-corrected chi connectivity index (χ0v) is 14.6. The lowest BCUT2D eigenvalue weighted by Gasteiger charge is -2.03. The lowest BCUT2D eigenvalue weighted by atomic mass is 10.2. The SMILES string of the molecule is CCOc1ccc(C(=O)N=c2sc3cccc(OC)c3n2C)cc1. The molecule has 0 atom stereocenters. The Hall–Kier alpha value is -2.60. The number of carbonyl (C=O) groups excluding carboxylic acids is 1. The van der Waals surface area contributed by atoms with Gasteiger partial charge in [0.15, 0.2) is 4.80 Å². The molecule has 1 heterocycles. The highest BCUT2D eigenvalue weighted by Gasteiger charge is 2.10. The third-order valence-corrected chi connectivity index (χ3v) is 4.71. The molecule has 0 saturated carbocycles. The number of rotatable bonds is 4. The molecule has 5 nitrogen and oxygen atoms in total. The van der Waals surface area contributed by atoms with E-state index in [-0.39, 0.29) is 5.91 Å². The van der Waals surface area contributed by atoms with Crippen LogP contribution < -0.4 is 14.3 Å². The van der Waals surface area contributed by atoms with Gasteiger partial charge in [-0.05, 0) is 43.3 Å². The first kappa shape index (κ1) is 16.3. The molecule has 24 heavy (non-hydrogen) atoms. The third kappa shape index (κ3) is 3.05. The Balaban J connectivity index is 2.00. The molecule has 1 amide bonds. The molecule has 0 spiro atoms. The molecular formula is C18H18N2O3S. The Bertz CT molecular complexity index is 939. The summed E-state index contributed by atoms with van der Waals surface area (Å²) in [5, 5.41) is 0. The minimum absolute atomic E-state index is 0.279. The fourth-order valence-electron chi connectivity index (χ4n) is 2.45. The smallest absolute Gasteiger partial charge is 0.279 e. The minimum Gasteiger partial charge on any atom is -0.495 e. The van der Waals surface area contributed by atoms with Crippen molar-refractivity contribution in [3.05, 3.63) is 52.8 Å². The van der Waals surface area contributed by atoms with Crippen molar-refractivity contribution < 1.29 is 14.3 Å². The van der Waals surface area contributed by atoms with E-state index in [1.54, 1.807) is 31.4 Å². The lowest BCUT2D eigenvalue weighted by Crippen LogP contribution is -2.13. The van der Waals surface area contributed by atoms with Gasteiger partial charge in [-0.3, -0.25) is 4.79 Å². The van der Waals surface area contributed by atoms with Gasteiger partial charge in [-0.25, -0.2) is 0 Å². The summed E-state index contributed by atoms with van der Waals surface area (Å²) in [6, 6.07) is 12.8. The second-order valence-electron chi connectivity index (χ2n) is 5.13. The molecule has 3 rings (SSSR count). The van der Waals surface area contributed by atoms with Crippen molar-refractivity contribution in [3.63, 3.8) is 0 Å². The highest BCUT2D eigenvalue weighted by molar-refractivity contribution is 7.16. The fourth-order valence-corrected chi connectivity index (χ4v) is 3.49. The van der Waals surface area contributed by atoms with Crippen molar-refractivity contribution in [3.8, 4) is 11.5 Å². The molecule has 124 valence electrons. The molecule has 6 heteroatoms. The normalized spacial score (nSPS) is 11.7. The summed E-state index contributed by atoms with van der Waals surface area (Å²) < 4.78 is 13.7. The maximum Gasteiger partial charge on any atom is 0.279 e. The number of ether oxygens (including phenoxy) is 2. The Morgan fingerprint density at radius 2 is 1.96 bits per heavy atom. The Morgan fingerprint density at radius 1 is 1.21 bits per heavy atom. The van der Waals surface area contributed by atoms with Crippen LogP contribution in [0.25, 0.3) is 10.2 Å². The topological polar surface area (TPSA) is 52.8 Å². The highest BCUT2D eigenvalue weighted by Crippen LogP contribution is 2.26. The van der Waals surface area contributed by atoms with Crippen molar-refractivity contribution in [2.75, 3.05) is 13.7 Å². The van der Waals surface area contributed by atoms with Crippen molar-refractivity contribution in [2.24, 2.45) is 12.0 Å². The number of thiazole rings is 1. The molecule has 0 aliphatic carbocycles. The Morgan fingerprint density at radius 3 is 2.62 bits per heavy atom. The van der Waals surface area contributed by atoms with Crippen LogP contribution in [0.5, 0.6) is 11.5 Å². The van der Waals surface area contributed by atoms with Gasteiger partial charge in [0.25, 0.3) is 5.91 Å². The number of para-hydroxylation sites is 1. The van der Waals surface area contributed by atoms with Gasteiger partial charge in [0.2, 0.25) is 0 Å². The van der Waals surface area contributed by atoms with Crippen molar-refractivity contribution in [2.45, 2.75) is 6.92 Å². The average Bonchev–Trinajstić information content (AvgIpc) is 2.92. The molecule has 0 saturated heterocycles. The Labute approximate surface area is 143 Å². The van der Waals surface area contributed by atoms with Crippen molar-refractivity contribution >= 4 is 27.5 Å². The molecule has 0 unspecified atom stereocenters. The van der Waals surface area contributed by atoms with Gasteiger partial charge in [0, 0.05) is 12.6 Å². The fraction of sp³-hybridized carbons (Fsp3) is 0.222. The van der Waals surface area contributed by atoms with Gasteiger partial charge in [0.1, 0.15) is 17.0 Å². The monoisotopic (exact) mass is 342 g/mol. The van der Waals surface area contributed by atoms with Crippen LogP contribution in [0.2, 0.25) is 0 Å². The van der Waals surface area contributed by atoms with Crippen LogP contribution in [-0.4, -0.2) is 24.2 Å². The van der Waals surface area contributed by atoms with E-state index in [0.717, 1.165) is 21.7 Å². The number of methoxy groups -OCH3 is 1. The molecule has 3 aromatic rings. The van der Waals surface area contributed by atoms with Crippen molar-refractivity contribution in [1.29, 1.82) is 0 Å². The molecule has 0 radical (unpaired) electrons. The molecule has 0 fully saturated rings. The standard InChI is InChI=1S/C18H18N2O3S/c1-4-23-13-10-8-12(9-11-13)17(21)19-18-20(2)16-14(22-3)6-5-7-15(16)24-18/h5-11H,4H2,1-3H3. The lowest BCUT2D eigenvalue weighted by molar-refractivity contribution is 0.0998. The van der Waals surface area contributed by atoms with E-state index in [1.807, 2.05) is 36.7 Å². The van der Waals surface area contributed by atoms with E-state index in [9.17, 15) is 4.79 Å². The third-order valence-electron chi connectivity index (χ3n) is 3.61. The summed E-state index contributed by atoms with van der Waals surface area (Å²) in [5.41, 5.74) is 1.46. The molecule has 1 aromatic heterocycles. The maximum atomic E-state index is 12.4. The van der Waals surface area contributed by atoms with Gasteiger partial charge >= 0.3 is 0 Å². The number of carbonyl (C=O) groups is 1. The van der Waals surface area contributed by atoms with Gasteiger partial charge in [0.05, 0.1) is 18.4 Å². The predicted molar refractivity (Wildman–Crippen MR) is 94.9 cm³/mol. The summed E-state index contributed by atoms with van der Waals surface area (Å²) in [6.07, 6.45) is 0. The first-order chi connectivity index (χ1) is 11.6. The number of aromatic nitrogens is 1. The molecule has 0 bridgehead atoms. The van der Waals surface area contributed by atoms with Crippen LogP contribution in [0.15, 0.2) is 47.5 Å². The van der Waals surface area contributed by atoms with E-state index in [2.05, 4.69) is 4.99 Å². The first-order valence-corrected chi connectivity index (χ1v) is 8.40. The molecule has 0 N–H and O–H groups in total. The van der Waals surface area contributed by atoms with E-state index < -0.39 is 0 Å². The first-order valence-electron chi connectivity index (χ1n) is 7.58. The second-order valence-corrected chi connectivity index (χ2v) is 6.13. The number of benzene rings is 2. The number of amides is 1. The van der Waals surface area contributed by atoms with E-state index in [4.69, 9.17) is 9.47 Å². The van der Waals surface area contributed by atoms with Crippen molar-refractivity contribution in [1.82, 2.24) is 4.57 Å². The molecule has 2 aromatic carbocycles. The number of nitrogens with zero attached hydrogens (tertiary/aromatic N) is 2. The molecule has 0 aliphatic rings. The summed E-state index contributed by atoms with van der Waals surface area (Å²) >= 11 is 1.46. The minimum atomic E-state index is -0.279. The van der Waals surface area contributed by atoms with Crippen LogP contribution in [0.1, 0.15) is 17.3 Å². The van der Waals surface area contributed by atoms with Crippen LogP contribution in [0.4, 0.5) is 0 Å². The van der Waals surface area contributed by atoms with Gasteiger partial charge in [-0.15, -0.1) is 0 Å². The van der Waals surface area contributed by atoms with E-state index in [1.165, 1.54) is 11.3 Å². The van der Waals surface area contributed by atoms with Crippen LogP contribution >= 0.6 is 11.3 Å². The summed E-state index contributed by atoms with van der Waals surface area (Å²) in [6.45, 7) is 2.52. The summed E-state index contributed by atoms with van der Waals surface area (Å²) in [7, 11) is 3.51. The molecular weight excluding hydrogens is 324 g/mol. The number of hydrogen-bond acceptors (Lipinski definition) is 4.